The van der Waals surface area contributed by atoms with Crippen LogP contribution in [0.1, 0.15) is 25.0 Å². The van der Waals surface area contributed by atoms with Crippen LogP contribution in [0.15, 0.2) is 29.3 Å². The van der Waals surface area contributed by atoms with Gasteiger partial charge in [0, 0.05) is 19.5 Å². The summed E-state index contributed by atoms with van der Waals surface area (Å²) in [6.45, 7) is 5.45. The molecule has 4 rings (SSSR count). The van der Waals surface area contributed by atoms with E-state index in [4.69, 9.17) is 9.47 Å². The quantitative estimate of drug-likeness (QED) is 0.382. The molecule has 2 aromatic rings. The summed E-state index contributed by atoms with van der Waals surface area (Å²) in [5.74, 6) is 4.31. The number of benzene rings is 1. The van der Waals surface area contributed by atoms with E-state index in [0.29, 0.717) is 19.7 Å². The van der Waals surface area contributed by atoms with Gasteiger partial charge in [-0.2, -0.15) is 0 Å². The average molecular weight is 484 g/mol. The minimum Gasteiger partial charge on any atom is -0.486 e. The Balaban J connectivity index is 0.00000210. The number of halogens is 1. The number of hydrogen-bond acceptors (Lipinski definition) is 5. The number of fused-ring (bicyclic) bond motifs is 2. The fourth-order valence-electron chi connectivity index (χ4n) is 3.19. The molecule has 0 saturated carbocycles. The number of hydrogen-bond donors (Lipinski definition) is 2. The minimum atomic E-state index is -0.0638. The van der Waals surface area contributed by atoms with E-state index in [0.717, 1.165) is 55.0 Å². The van der Waals surface area contributed by atoms with Gasteiger partial charge in [-0.15, -0.1) is 34.2 Å². The molecule has 1 aromatic heterocycles. The van der Waals surface area contributed by atoms with Crippen molar-refractivity contribution in [3.05, 3.63) is 35.9 Å². The number of aryl methyl sites for hydroxylation is 1. The molecule has 3 heterocycles. The van der Waals surface area contributed by atoms with E-state index in [1.807, 2.05) is 31.2 Å². The van der Waals surface area contributed by atoms with Crippen molar-refractivity contribution >= 4 is 29.9 Å². The molecule has 1 atom stereocenters. The lowest BCUT2D eigenvalue weighted by Gasteiger charge is -2.27. The summed E-state index contributed by atoms with van der Waals surface area (Å²) >= 11 is 0. The van der Waals surface area contributed by atoms with Crippen LogP contribution in [0.4, 0.5) is 0 Å². The van der Waals surface area contributed by atoms with E-state index in [1.165, 1.54) is 0 Å². The maximum atomic E-state index is 5.97. The molecule has 0 radical (unpaired) electrons. The van der Waals surface area contributed by atoms with Gasteiger partial charge in [0.2, 0.25) is 0 Å². The highest BCUT2D eigenvalue weighted by molar-refractivity contribution is 14.0. The number of guanidine groups is 1. The minimum absolute atomic E-state index is 0. The highest BCUT2D eigenvalue weighted by Gasteiger charge is 2.21. The first-order valence-electron chi connectivity index (χ1n) is 9.15. The van der Waals surface area contributed by atoms with Crippen LogP contribution < -0.4 is 20.1 Å². The van der Waals surface area contributed by atoms with Gasteiger partial charge in [-0.25, -0.2) is 4.99 Å². The van der Waals surface area contributed by atoms with Gasteiger partial charge in [-0.3, -0.25) is 0 Å². The molecule has 1 aromatic carbocycles. The topological polar surface area (TPSA) is 85.6 Å². The zero-order chi connectivity index (χ0) is 17.8. The van der Waals surface area contributed by atoms with Gasteiger partial charge in [-0.1, -0.05) is 12.1 Å². The third kappa shape index (κ3) is 4.63. The summed E-state index contributed by atoms with van der Waals surface area (Å²) in [5.41, 5.74) is 0. The molecule has 27 heavy (non-hydrogen) atoms. The number of para-hydroxylation sites is 2. The van der Waals surface area contributed by atoms with Gasteiger partial charge in [-0.05, 0) is 25.5 Å². The molecular weight excluding hydrogens is 459 g/mol. The van der Waals surface area contributed by atoms with Gasteiger partial charge in [0.15, 0.2) is 23.3 Å². The zero-order valence-corrected chi connectivity index (χ0v) is 17.7. The van der Waals surface area contributed by atoms with E-state index >= 15 is 0 Å². The Hall–Kier alpha value is -2.04. The van der Waals surface area contributed by atoms with E-state index < -0.39 is 0 Å². The normalized spacial score (nSPS) is 17.8. The average Bonchev–Trinajstić information content (AvgIpc) is 3.28. The Labute approximate surface area is 175 Å². The first-order valence-corrected chi connectivity index (χ1v) is 9.15. The number of aromatic nitrogens is 3. The maximum Gasteiger partial charge on any atom is 0.191 e. The molecular formula is C18H25IN6O2. The number of nitrogens with one attached hydrogen (secondary N) is 2. The molecule has 0 bridgehead atoms. The molecule has 2 aliphatic heterocycles. The first-order chi connectivity index (χ1) is 12.8. The van der Waals surface area contributed by atoms with E-state index in [2.05, 4.69) is 30.4 Å². The van der Waals surface area contributed by atoms with Crippen molar-refractivity contribution < 1.29 is 9.47 Å². The van der Waals surface area contributed by atoms with Crippen molar-refractivity contribution in [2.75, 3.05) is 19.7 Å². The molecule has 0 fully saturated rings. The maximum absolute atomic E-state index is 5.97. The Kier molecular flexibility index (Phi) is 6.75. The molecule has 2 N–H and O–H groups in total. The number of aliphatic imine (C=N–C) groups is 1. The van der Waals surface area contributed by atoms with E-state index in [-0.39, 0.29) is 30.1 Å². The van der Waals surface area contributed by atoms with Crippen LogP contribution in [0.25, 0.3) is 0 Å². The second-order valence-corrected chi connectivity index (χ2v) is 6.36. The molecule has 146 valence electrons. The summed E-state index contributed by atoms with van der Waals surface area (Å²) in [6, 6.07) is 7.73. The third-order valence-corrected chi connectivity index (χ3v) is 4.47. The third-order valence-electron chi connectivity index (χ3n) is 4.47. The Bertz CT molecular complexity index is 794. The van der Waals surface area contributed by atoms with Crippen molar-refractivity contribution in [1.82, 2.24) is 25.4 Å². The van der Waals surface area contributed by atoms with Crippen LogP contribution in [-0.2, 0) is 19.5 Å². The lowest BCUT2D eigenvalue weighted by molar-refractivity contribution is 0.0936. The molecule has 1 unspecified atom stereocenters. The van der Waals surface area contributed by atoms with Crippen molar-refractivity contribution in [2.45, 2.75) is 39.0 Å². The van der Waals surface area contributed by atoms with Gasteiger partial charge in [0.05, 0.1) is 6.54 Å². The van der Waals surface area contributed by atoms with Gasteiger partial charge < -0.3 is 24.7 Å². The van der Waals surface area contributed by atoms with Crippen LogP contribution in [0.5, 0.6) is 11.5 Å². The molecule has 2 aliphatic rings. The number of rotatable bonds is 5. The molecule has 0 aliphatic carbocycles. The first kappa shape index (κ1) is 19.7. The standard InChI is InChI=1S/C18H24N6O2.HI/c1-2-19-18(21-11-17-23-22-16-8-5-9-24(16)17)20-10-13-12-25-14-6-3-4-7-15(14)26-13;/h3-4,6-7,13H,2,5,8-12H2,1H3,(H2,19,20,21);1H. The van der Waals surface area contributed by atoms with E-state index in [9.17, 15) is 0 Å². The predicted molar refractivity (Wildman–Crippen MR) is 113 cm³/mol. The summed E-state index contributed by atoms with van der Waals surface area (Å²) in [7, 11) is 0. The lowest BCUT2D eigenvalue weighted by atomic mass is 10.2. The van der Waals surface area contributed by atoms with Crippen molar-refractivity contribution in [3.8, 4) is 11.5 Å². The number of ether oxygens (including phenoxy) is 2. The lowest BCUT2D eigenvalue weighted by Crippen LogP contribution is -2.45. The summed E-state index contributed by atoms with van der Waals surface area (Å²) in [4.78, 5) is 4.64. The monoisotopic (exact) mass is 484 g/mol. The fourth-order valence-corrected chi connectivity index (χ4v) is 3.19. The second-order valence-electron chi connectivity index (χ2n) is 6.36. The van der Waals surface area contributed by atoms with Crippen LogP contribution in [0.3, 0.4) is 0 Å². The van der Waals surface area contributed by atoms with Crippen LogP contribution in [-0.4, -0.2) is 46.5 Å². The van der Waals surface area contributed by atoms with Gasteiger partial charge >= 0.3 is 0 Å². The van der Waals surface area contributed by atoms with Gasteiger partial charge in [0.25, 0.3) is 0 Å². The molecule has 0 amide bonds. The van der Waals surface area contributed by atoms with Crippen LogP contribution in [0.2, 0.25) is 0 Å². The van der Waals surface area contributed by atoms with Crippen molar-refractivity contribution in [1.29, 1.82) is 0 Å². The highest BCUT2D eigenvalue weighted by atomic mass is 127. The fraction of sp³-hybridized carbons (Fsp3) is 0.500. The van der Waals surface area contributed by atoms with Crippen molar-refractivity contribution in [2.24, 2.45) is 4.99 Å². The van der Waals surface area contributed by atoms with Gasteiger partial charge in [0.1, 0.15) is 25.1 Å². The Morgan fingerprint density at radius 1 is 1.26 bits per heavy atom. The van der Waals surface area contributed by atoms with E-state index in [1.54, 1.807) is 0 Å². The highest BCUT2D eigenvalue weighted by Crippen LogP contribution is 2.30. The second kappa shape index (κ2) is 9.25. The Morgan fingerprint density at radius 2 is 2.11 bits per heavy atom. The summed E-state index contributed by atoms with van der Waals surface area (Å²) in [5, 5.41) is 15.1. The van der Waals surface area contributed by atoms with Crippen LogP contribution >= 0.6 is 24.0 Å². The molecule has 0 spiro atoms. The molecule has 9 heteroatoms. The largest absolute Gasteiger partial charge is 0.486 e. The SMILES string of the molecule is CCNC(=NCc1nnc2n1CCC2)NCC1COc2ccccc2O1.I. The smallest absolute Gasteiger partial charge is 0.191 e. The zero-order valence-electron chi connectivity index (χ0n) is 15.4. The molecule has 0 saturated heterocycles. The van der Waals surface area contributed by atoms with Crippen molar-refractivity contribution in [3.63, 3.8) is 0 Å². The predicted octanol–water partition coefficient (Wildman–Crippen LogP) is 1.74. The summed E-state index contributed by atoms with van der Waals surface area (Å²) < 4.78 is 13.9. The number of nitrogens with zero attached hydrogens (tertiary/aromatic N) is 4. The summed E-state index contributed by atoms with van der Waals surface area (Å²) in [6.07, 6.45) is 2.08. The Morgan fingerprint density at radius 3 is 2.96 bits per heavy atom. The molecule has 8 nitrogen and oxygen atoms in total. The van der Waals surface area contributed by atoms with Crippen LogP contribution in [0, 0.1) is 0 Å².